The monoisotopic (exact) mass is 373 g/mol. The van der Waals surface area contributed by atoms with Gasteiger partial charge in [-0.15, -0.1) is 0 Å². The lowest BCUT2D eigenvalue weighted by molar-refractivity contribution is -0.137. The van der Waals surface area contributed by atoms with E-state index in [0.29, 0.717) is 0 Å². The predicted octanol–water partition coefficient (Wildman–Crippen LogP) is 1.47. The van der Waals surface area contributed by atoms with Crippen LogP contribution in [0.1, 0.15) is 62.1 Å². The van der Waals surface area contributed by atoms with Gasteiger partial charge in [0, 0.05) is 38.2 Å². The van der Waals surface area contributed by atoms with E-state index in [1.54, 1.807) is 0 Å². The summed E-state index contributed by atoms with van der Waals surface area (Å²) in [5.41, 5.74) is -1.71. The predicted molar refractivity (Wildman–Crippen MR) is 98.3 cm³/mol. The Labute approximate surface area is 172 Å². The number of nitrogens with one attached hydrogen (secondary N) is 1. The first kappa shape index (κ1) is 8.65. The van der Waals surface area contributed by atoms with Gasteiger partial charge in [0.15, 0.2) is 5.78 Å². The number of hydrogen-bond donors (Lipinski definition) is 2. The lowest BCUT2D eigenvalue weighted by atomic mass is 9.94. The van der Waals surface area contributed by atoms with Crippen molar-refractivity contribution in [1.82, 2.24) is 10.2 Å². The molecule has 1 aliphatic rings. The highest BCUT2D eigenvalue weighted by Crippen LogP contribution is 2.25. The Morgan fingerprint density at radius 3 is 2.88 bits per heavy atom. The summed E-state index contributed by atoms with van der Waals surface area (Å²) in [4.78, 5) is 39.3. The van der Waals surface area contributed by atoms with E-state index in [1.807, 2.05) is 5.32 Å². The minimum atomic E-state index is -3.21. The van der Waals surface area contributed by atoms with Gasteiger partial charge < -0.3 is 15.3 Å². The van der Waals surface area contributed by atoms with Crippen LogP contribution in [0.5, 0.6) is 0 Å². The number of likely N-dealkylation sites (N-methyl/N-ethyl adjacent to an activating group) is 1. The Morgan fingerprint density at radius 2 is 2.19 bits per heavy atom. The number of ketones is 1. The Bertz CT molecular complexity index is 1210. The van der Waals surface area contributed by atoms with Gasteiger partial charge in [-0.2, -0.15) is 0 Å². The third kappa shape index (κ3) is 4.49. The van der Waals surface area contributed by atoms with Crippen molar-refractivity contribution in [2.24, 2.45) is 11.8 Å². The molecule has 6 heteroatoms. The highest BCUT2D eigenvalue weighted by molar-refractivity contribution is 5.92. The molecule has 2 amide bonds. The molecule has 0 saturated carbocycles. The van der Waals surface area contributed by atoms with Crippen molar-refractivity contribution in [3.8, 4) is 0 Å². The van der Waals surface area contributed by atoms with Gasteiger partial charge in [0.2, 0.25) is 11.8 Å². The molecule has 0 fully saturated rings. The average Bonchev–Trinajstić information content (AvgIpc) is 2.83. The van der Waals surface area contributed by atoms with Crippen molar-refractivity contribution >= 4 is 17.6 Å². The van der Waals surface area contributed by atoms with Gasteiger partial charge in [-0.1, -0.05) is 44.9 Å². The van der Waals surface area contributed by atoms with Crippen molar-refractivity contribution in [2.45, 2.75) is 45.6 Å². The summed E-state index contributed by atoms with van der Waals surface area (Å²) >= 11 is 0. The number of Topliss-reactive ketones (excluding diaryl/α,β-unsaturated/α-hetero) is 1. The molecule has 1 heterocycles. The third-order valence-electron chi connectivity index (χ3n) is 3.75. The zero-order chi connectivity index (χ0) is 30.8. The van der Waals surface area contributed by atoms with E-state index in [9.17, 15) is 19.5 Å². The number of aliphatic hydroxyl groups excluding tert-OH is 1. The van der Waals surface area contributed by atoms with Crippen LogP contribution in [0.3, 0.4) is 0 Å². The highest BCUT2D eigenvalue weighted by Gasteiger charge is 2.32. The molecular formula is C20H28N2O4. The molecular weight excluding hydrogens is 332 g/mol. The van der Waals surface area contributed by atoms with Crippen LogP contribution < -0.4 is 5.32 Å². The summed E-state index contributed by atoms with van der Waals surface area (Å²) in [5, 5.41) is 12.2. The Hall–Kier alpha value is -2.21. The molecule has 4 atom stereocenters. The molecule has 0 aliphatic carbocycles. The van der Waals surface area contributed by atoms with Crippen LogP contribution in [-0.4, -0.2) is 47.3 Å². The van der Waals surface area contributed by atoms with Gasteiger partial charge in [0.25, 0.3) is 0 Å². The summed E-state index contributed by atoms with van der Waals surface area (Å²) in [6, 6.07) is -5.88. The van der Waals surface area contributed by atoms with Gasteiger partial charge in [-0.05, 0) is 23.4 Å². The van der Waals surface area contributed by atoms with Gasteiger partial charge in [-0.25, -0.2) is 0 Å². The quantitative estimate of drug-likeness (QED) is 0.791. The fraction of sp³-hybridized carbons (Fsp3) is 0.550. The molecule has 0 radical (unpaired) electrons. The van der Waals surface area contributed by atoms with Crippen LogP contribution in [0.25, 0.3) is 0 Å². The Morgan fingerprint density at radius 1 is 1.50 bits per heavy atom. The van der Waals surface area contributed by atoms with Gasteiger partial charge >= 0.3 is 0 Å². The first-order valence-electron chi connectivity index (χ1n) is 14.2. The van der Waals surface area contributed by atoms with Crippen LogP contribution in [0, 0.1) is 11.8 Å². The number of carbonyl (C=O) groups excluding carboxylic acids is 3. The number of nitrogens with zero attached hydrogens (tertiary/aromatic N) is 1. The van der Waals surface area contributed by atoms with Crippen LogP contribution in [0.15, 0.2) is 24.2 Å². The van der Waals surface area contributed by atoms with Crippen molar-refractivity contribution in [3.05, 3.63) is 35.3 Å². The van der Waals surface area contributed by atoms with Gasteiger partial charge in [0.1, 0.15) is 12.1 Å². The SMILES string of the molecule is [2H]c1c([2H])c([2H])c2c(c1[2H])[C@H](NC(=O)[C@]([2H])(C)CC(=O)[C@@H](O)C([2H])(C)C([2H])([2H])[2H])C(=O)N(C)C([2H])([2H])C2([2H])[2H]. The molecule has 0 spiro atoms. The van der Waals surface area contributed by atoms with Crippen molar-refractivity contribution in [2.75, 3.05) is 13.5 Å². The smallest absolute Gasteiger partial charge is 0.249 e. The number of fused-ring (bicyclic) bond motifs is 1. The normalized spacial score (nSPS) is 34.6. The molecule has 1 aromatic carbocycles. The molecule has 0 aromatic heterocycles. The van der Waals surface area contributed by atoms with Gasteiger partial charge in [0.05, 0.1) is 5.48 Å². The van der Waals surface area contributed by atoms with Crippen molar-refractivity contribution in [1.29, 1.82) is 0 Å². The number of hydrogen-bond acceptors (Lipinski definition) is 4. The Balaban J connectivity index is 2.61. The molecule has 2 N–H and O–H groups in total. The molecule has 6 nitrogen and oxygen atoms in total. The summed E-state index contributed by atoms with van der Waals surface area (Å²) in [5.74, 6) is -9.32. The molecule has 0 bridgehead atoms. The number of carbonyl (C=O) groups is 3. The summed E-state index contributed by atoms with van der Waals surface area (Å²) in [6.45, 7) is -4.63. The van der Waals surface area contributed by atoms with Crippen LogP contribution in [-0.2, 0) is 20.8 Å². The second-order valence-electron chi connectivity index (χ2n) is 5.84. The maximum atomic E-state index is 13.3. The lowest BCUT2D eigenvalue weighted by Crippen LogP contribution is -2.43. The van der Waals surface area contributed by atoms with Crippen molar-refractivity contribution < 1.29 is 37.3 Å². The van der Waals surface area contributed by atoms with Crippen LogP contribution in [0.4, 0.5) is 0 Å². The van der Waals surface area contributed by atoms with E-state index in [0.717, 1.165) is 20.9 Å². The zero-order valence-electron chi connectivity index (χ0n) is 27.5. The van der Waals surface area contributed by atoms with Crippen LogP contribution >= 0.6 is 0 Å². The van der Waals surface area contributed by atoms with Crippen molar-refractivity contribution in [3.63, 3.8) is 0 Å². The lowest BCUT2D eigenvalue weighted by Gasteiger charge is -2.24. The molecule has 1 aliphatic heterocycles. The molecule has 1 aromatic rings. The maximum Gasteiger partial charge on any atom is 0.249 e. The fourth-order valence-corrected chi connectivity index (χ4v) is 2.22. The fourth-order valence-electron chi connectivity index (χ4n) is 2.22. The van der Waals surface area contributed by atoms with E-state index in [-0.39, 0.29) is 4.90 Å². The number of amides is 2. The molecule has 1 unspecified atom stereocenters. The zero-order valence-corrected chi connectivity index (χ0v) is 14.5. The summed E-state index contributed by atoms with van der Waals surface area (Å²) < 4.78 is 104. The average molecular weight is 374 g/mol. The molecule has 2 rings (SSSR count). The second kappa shape index (κ2) is 8.45. The third-order valence-corrected chi connectivity index (χ3v) is 3.75. The second-order valence-corrected chi connectivity index (χ2v) is 5.84. The van der Waals surface area contributed by atoms with E-state index in [4.69, 9.17) is 17.8 Å². The van der Waals surface area contributed by atoms with Crippen LogP contribution in [0.2, 0.25) is 0 Å². The standard InChI is InChI=1S/C20H28N2O4/c1-12(2)18(24)16(23)11-13(3)19(25)21-17-15-8-6-5-7-14(15)9-10-22(4)20(17)26/h5-8,12-13,17-18,24H,9-11H2,1-4H3,(H,21,25)/t13-,17+,18+/m1/s1/i1D3,5D,6D,7D,8D,9D2,10D2,12D,13D/t12?,13-,17+,18+. The van der Waals surface area contributed by atoms with E-state index in [1.165, 1.54) is 0 Å². The Kier molecular flexibility index (Phi) is 2.81. The molecule has 26 heavy (non-hydrogen) atoms. The molecule has 142 valence electrons. The van der Waals surface area contributed by atoms with E-state index < -0.39 is 103 Å². The largest absolute Gasteiger partial charge is 0.385 e. The molecule has 0 saturated heterocycles. The first-order valence-corrected chi connectivity index (χ1v) is 7.67. The summed E-state index contributed by atoms with van der Waals surface area (Å²) in [6.07, 6.45) is -6.77. The first-order chi connectivity index (χ1) is 17.3. The summed E-state index contributed by atoms with van der Waals surface area (Å²) in [7, 11) is 0.853. The number of benzene rings is 1. The number of rotatable bonds is 6. The highest BCUT2D eigenvalue weighted by atomic mass is 16.3. The minimum Gasteiger partial charge on any atom is -0.385 e. The van der Waals surface area contributed by atoms with E-state index in [2.05, 4.69) is 0 Å². The maximum absolute atomic E-state index is 13.3. The number of aliphatic hydroxyl groups is 1. The van der Waals surface area contributed by atoms with E-state index >= 15 is 0 Å². The minimum absolute atomic E-state index is 0.280. The topological polar surface area (TPSA) is 86.7 Å². The van der Waals surface area contributed by atoms with Gasteiger partial charge in [-0.3, -0.25) is 14.4 Å².